The van der Waals surface area contributed by atoms with Gasteiger partial charge in [-0.3, -0.25) is 0 Å². The van der Waals surface area contributed by atoms with E-state index < -0.39 is 0 Å². The molecule has 0 amide bonds. The first-order chi connectivity index (χ1) is 9.40. The predicted molar refractivity (Wildman–Crippen MR) is 72.1 cm³/mol. The molecule has 0 unspecified atom stereocenters. The van der Waals surface area contributed by atoms with Gasteiger partial charge in [0.05, 0.1) is 6.54 Å². The molecule has 0 atom stereocenters. The molecule has 2 aromatic rings. The van der Waals surface area contributed by atoms with Crippen molar-refractivity contribution in [1.82, 2.24) is 10.2 Å². The molecule has 0 radical (unpaired) electrons. The summed E-state index contributed by atoms with van der Waals surface area (Å²) in [5.41, 5.74) is 2.75. The Hall–Kier alpha value is -1.84. The molecule has 1 aromatic carbocycles. The van der Waals surface area contributed by atoms with Gasteiger partial charge in [0, 0.05) is 18.2 Å². The van der Waals surface area contributed by atoms with Gasteiger partial charge in [-0.25, -0.2) is 0 Å². The van der Waals surface area contributed by atoms with Crippen LogP contribution in [0.3, 0.4) is 0 Å². The van der Waals surface area contributed by atoms with Crippen molar-refractivity contribution in [3.8, 4) is 0 Å². The molecule has 0 spiro atoms. The van der Waals surface area contributed by atoms with E-state index in [0.29, 0.717) is 5.92 Å². The molecule has 2 aliphatic rings. The van der Waals surface area contributed by atoms with E-state index in [0.717, 1.165) is 24.9 Å². The van der Waals surface area contributed by atoms with Crippen LogP contribution in [-0.4, -0.2) is 16.7 Å². The summed E-state index contributed by atoms with van der Waals surface area (Å²) in [5.74, 6) is 2.12. The average molecular weight is 255 g/mol. The van der Waals surface area contributed by atoms with Gasteiger partial charge in [-0.15, -0.1) is 10.2 Å². The Bertz CT molecular complexity index is 589. The number of hydrogen-bond donors (Lipinski definition) is 0. The SMILES string of the molecule is c1ccc2c(c1)CCCN2Cc1nnc(C2CC2)o1. The number of nitrogens with zero attached hydrogens (tertiary/aromatic N) is 3. The summed E-state index contributed by atoms with van der Waals surface area (Å²) in [6.07, 6.45) is 4.77. The zero-order valence-corrected chi connectivity index (χ0v) is 10.9. The molecule has 1 saturated carbocycles. The Morgan fingerprint density at radius 3 is 3.00 bits per heavy atom. The number of fused-ring (bicyclic) bond motifs is 1. The normalized spacial score (nSPS) is 18.4. The summed E-state index contributed by atoms with van der Waals surface area (Å²) in [5, 5.41) is 8.34. The Balaban J connectivity index is 1.56. The van der Waals surface area contributed by atoms with Crippen LogP contribution in [0.2, 0.25) is 0 Å². The molecular formula is C15H17N3O. The minimum Gasteiger partial charge on any atom is -0.423 e. The molecule has 4 rings (SSSR count). The second-order valence-corrected chi connectivity index (χ2v) is 5.46. The number of benzene rings is 1. The van der Waals surface area contributed by atoms with Gasteiger partial charge in [-0.1, -0.05) is 18.2 Å². The number of para-hydroxylation sites is 1. The summed E-state index contributed by atoms with van der Waals surface area (Å²) in [6, 6.07) is 8.61. The van der Waals surface area contributed by atoms with E-state index in [1.165, 1.54) is 36.9 Å². The Morgan fingerprint density at radius 2 is 2.11 bits per heavy atom. The molecule has 1 aliphatic carbocycles. The molecule has 0 N–H and O–H groups in total. The topological polar surface area (TPSA) is 42.2 Å². The lowest BCUT2D eigenvalue weighted by molar-refractivity contribution is 0.444. The van der Waals surface area contributed by atoms with Crippen LogP contribution in [0.1, 0.15) is 42.5 Å². The van der Waals surface area contributed by atoms with Crippen LogP contribution in [0.15, 0.2) is 28.7 Å². The molecule has 1 fully saturated rings. The van der Waals surface area contributed by atoms with Crippen LogP contribution in [0.25, 0.3) is 0 Å². The second kappa shape index (κ2) is 4.37. The number of aryl methyl sites for hydroxylation is 1. The van der Waals surface area contributed by atoms with Crippen LogP contribution < -0.4 is 4.90 Å². The molecule has 0 bridgehead atoms. The second-order valence-electron chi connectivity index (χ2n) is 5.46. The van der Waals surface area contributed by atoms with Gasteiger partial charge < -0.3 is 9.32 Å². The first-order valence-corrected chi connectivity index (χ1v) is 7.05. The quantitative estimate of drug-likeness (QED) is 0.845. The maximum Gasteiger partial charge on any atom is 0.235 e. The molecule has 98 valence electrons. The number of anilines is 1. The maximum absolute atomic E-state index is 5.76. The van der Waals surface area contributed by atoms with Crippen LogP contribution in [0, 0.1) is 0 Å². The van der Waals surface area contributed by atoms with E-state index in [1.54, 1.807) is 0 Å². The van der Waals surface area contributed by atoms with Crippen molar-refractivity contribution in [2.75, 3.05) is 11.4 Å². The summed E-state index contributed by atoms with van der Waals surface area (Å²) in [4.78, 5) is 2.35. The summed E-state index contributed by atoms with van der Waals surface area (Å²) in [7, 11) is 0. The third-order valence-corrected chi connectivity index (χ3v) is 3.94. The Morgan fingerprint density at radius 1 is 1.21 bits per heavy atom. The average Bonchev–Trinajstić information content (AvgIpc) is 3.20. The lowest BCUT2D eigenvalue weighted by Crippen LogP contribution is -2.28. The van der Waals surface area contributed by atoms with Gasteiger partial charge >= 0.3 is 0 Å². The summed E-state index contributed by atoms with van der Waals surface area (Å²) < 4.78 is 5.76. The van der Waals surface area contributed by atoms with Crippen LogP contribution >= 0.6 is 0 Å². The molecule has 2 heterocycles. The zero-order valence-electron chi connectivity index (χ0n) is 10.9. The van der Waals surface area contributed by atoms with Crippen molar-refractivity contribution >= 4 is 5.69 Å². The molecule has 4 nitrogen and oxygen atoms in total. The first kappa shape index (κ1) is 11.0. The third kappa shape index (κ3) is 2.11. The number of rotatable bonds is 3. The largest absolute Gasteiger partial charge is 0.423 e. The molecular weight excluding hydrogens is 238 g/mol. The fraction of sp³-hybridized carbons (Fsp3) is 0.467. The maximum atomic E-state index is 5.76. The highest BCUT2D eigenvalue weighted by molar-refractivity contribution is 5.55. The summed E-state index contributed by atoms with van der Waals surface area (Å²) >= 11 is 0. The molecule has 1 aliphatic heterocycles. The van der Waals surface area contributed by atoms with Crippen LogP contribution in [0.4, 0.5) is 5.69 Å². The Kier molecular flexibility index (Phi) is 2.53. The smallest absolute Gasteiger partial charge is 0.235 e. The van der Waals surface area contributed by atoms with Crippen molar-refractivity contribution in [3.05, 3.63) is 41.6 Å². The standard InChI is InChI=1S/C15H17N3O/c1-2-6-13-11(4-1)5-3-9-18(13)10-14-16-17-15(19-14)12-7-8-12/h1-2,4,6,12H,3,5,7-10H2. The van der Waals surface area contributed by atoms with Crippen molar-refractivity contribution in [3.63, 3.8) is 0 Å². The van der Waals surface area contributed by atoms with Crippen molar-refractivity contribution in [2.24, 2.45) is 0 Å². The molecule has 19 heavy (non-hydrogen) atoms. The van der Waals surface area contributed by atoms with Crippen molar-refractivity contribution < 1.29 is 4.42 Å². The minimum absolute atomic E-state index is 0.537. The summed E-state index contributed by atoms with van der Waals surface area (Å²) in [6.45, 7) is 1.80. The van der Waals surface area contributed by atoms with Gasteiger partial charge in [0.2, 0.25) is 11.8 Å². The minimum atomic E-state index is 0.537. The third-order valence-electron chi connectivity index (χ3n) is 3.94. The molecule has 0 saturated heterocycles. The predicted octanol–water partition coefficient (Wildman–Crippen LogP) is 2.90. The lowest BCUT2D eigenvalue weighted by atomic mass is 10.0. The van der Waals surface area contributed by atoms with E-state index in [2.05, 4.69) is 39.4 Å². The van der Waals surface area contributed by atoms with Gasteiger partial charge in [-0.05, 0) is 37.3 Å². The van der Waals surface area contributed by atoms with Crippen LogP contribution in [0.5, 0.6) is 0 Å². The lowest BCUT2D eigenvalue weighted by Gasteiger charge is -2.29. The highest BCUT2D eigenvalue weighted by Crippen LogP contribution is 2.39. The highest BCUT2D eigenvalue weighted by atomic mass is 16.4. The Labute approximate surface area is 112 Å². The zero-order chi connectivity index (χ0) is 12.7. The van der Waals surface area contributed by atoms with E-state index in [-0.39, 0.29) is 0 Å². The fourth-order valence-electron chi connectivity index (χ4n) is 2.76. The fourth-order valence-corrected chi connectivity index (χ4v) is 2.76. The monoisotopic (exact) mass is 255 g/mol. The van der Waals surface area contributed by atoms with Crippen molar-refractivity contribution in [2.45, 2.75) is 38.1 Å². The van der Waals surface area contributed by atoms with E-state index >= 15 is 0 Å². The number of hydrogen-bond acceptors (Lipinski definition) is 4. The molecule has 4 heteroatoms. The van der Waals surface area contributed by atoms with E-state index in [9.17, 15) is 0 Å². The molecule has 1 aromatic heterocycles. The van der Waals surface area contributed by atoms with Crippen LogP contribution in [-0.2, 0) is 13.0 Å². The van der Waals surface area contributed by atoms with Gasteiger partial charge in [0.15, 0.2) is 0 Å². The van der Waals surface area contributed by atoms with Gasteiger partial charge in [0.1, 0.15) is 0 Å². The first-order valence-electron chi connectivity index (χ1n) is 7.05. The number of aromatic nitrogens is 2. The van der Waals surface area contributed by atoms with Crippen molar-refractivity contribution in [1.29, 1.82) is 0 Å². The van der Waals surface area contributed by atoms with Gasteiger partial charge in [0.25, 0.3) is 0 Å². The van der Waals surface area contributed by atoms with E-state index in [1.807, 2.05) is 0 Å². The van der Waals surface area contributed by atoms with E-state index in [4.69, 9.17) is 4.42 Å². The van der Waals surface area contributed by atoms with Gasteiger partial charge in [-0.2, -0.15) is 0 Å². The highest BCUT2D eigenvalue weighted by Gasteiger charge is 2.29.